The predicted molar refractivity (Wildman–Crippen MR) is 181 cm³/mol. The molecule has 2 heterocycles. The number of hydrogen-bond acceptors (Lipinski definition) is 8. The van der Waals surface area contributed by atoms with Crippen molar-refractivity contribution in [2.75, 3.05) is 51.3 Å². The third-order valence-electron chi connectivity index (χ3n) is 7.35. The van der Waals surface area contributed by atoms with Crippen molar-refractivity contribution in [3.8, 4) is 16.9 Å². The third kappa shape index (κ3) is 8.50. The quantitative estimate of drug-likeness (QED) is 0.190. The van der Waals surface area contributed by atoms with Gasteiger partial charge in [0.05, 0.1) is 23.7 Å². The number of ether oxygens (including phenoxy) is 2. The first-order valence-electron chi connectivity index (χ1n) is 14.4. The summed E-state index contributed by atoms with van der Waals surface area (Å²) in [5.41, 5.74) is 4.11. The Labute approximate surface area is 276 Å². The normalized spacial score (nSPS) is 16.3. The molecule has 3 aromatic carbocycles. The Hall–Kier alpha value is -3.74. The minimum Gasteiger partial charge on any atom is -0.492 e. The fourth-order valence-corrected chi connectivity index (χ4v) is 6.53. The fourth-order valence-electron chi connectivity index (χ4n) is 4.89. The number of aromatic carboxylic acids is 1. The number of carbonyl (C=O) groups is 3. The summed E-state index contributed by atoms with van der Waals surface area (Å²) in [5, 5.41) is 12.4. The molecule has 2 aliphatic rings. The molecule has 12 heteroatoms. The molecule has 2 aliphatic heterocycles. The number of thiocarbonyl (C=S) groups is 1. The van der Waals surface area contributed by atoms with Gasteiger partial charge >= 0.3 is 5.97 Å². The van der Waals surface area contributed by atoms with Crippen molar-refractivity contribution in [1.29, 1.82) is 0 Å². The SMILES string of the molecule is Cc1ccc(-c2ccc(OCCN3CCOCC3)c(C=C3SC(=S)N(CCC(=O)Nc4ccc(C(=O)O)cc4)C3=O)c2)c(Cl)c1. The van der Waals surface area contributed by atoms with Crippen molar-refractivity contribution >= 4 is 69.4 Å². The molecule has 0 spiro atoms. The molecule has 2 amide bonds. The van der Waals surface area contributed by atoms with Gasteiger partial charge in [0.25, 0.3) is 5.91 Å². The van der Waals surface area contributed by atoms with Crippen LogP contribution in [0.15, 0.2) is 65.6 Å². The zero-order chi connectivity index (χ0) is 31.9. The Bertz CT molecular complexity index is 1640. The van der Waals surface area contributed by atoms with Gasteiger partial charge in [-0.15, -0.1) is 0 Å². The van der Waals surface area contributed by atoms with E-state index in [9.17, 15) is 14.4 Å². The zero-order valence-corrected chi connectivity index (χ0v) is 27.0. The molecule has 234 valence electrons. The Morgan fingerprint density at radius 2 is 1.84 bits per heavy atom. The largest absolute Gasteiger partial charge is 0.492 e. The average Bonchev–Trinajstić information content (AvgIpc) is 3.28. The molecule has 2 fully saturated rings. The van der Waals surface area contributed by atoms with Gasteiger partial charge in [0, 0.05) is 54.4 Å². The van der Waals surface area contributed by atoms with E-state index in [1.807, 2.05) is 43.3 Å². The van der Waals surface area contributed by atoms with Crippen LogP contribution in [-0.2, 0) is 14.3 Å². The predicted octanol–water partition coefficient (Wildman–Crippen LogP) is 5.95. The maximum atomic E-state index is 13.5. The van der Waals surface area contributed by atoms with Gasteiger partial charge in [-0.2, -0.15) is 0 Å². The molecule has 45 heavy (non-hydrogen) atoms. The number of amides is 2. The van der Waals surface area contributed by atoms with Gasteiger partial charge in [-0.25, -0.2) is 4.79 Å². The van der Waals surface area contributed by atoms with Crippen LogP contribution in [0.3, 0.4) is 0 Å². The number of halogens is 1. The Morgan fingerprint density at radius 3 is 2.56 bits per heavy atom. The first-order chi connectivity index (χ1) is 21.7. The van der Waals surface area contributed by atoms with Crippen molar-refractivity contribution < 1.29 is 29.0 Å². The minimum atomic E-state index is -1.05. The number of hydrogen-bond donors (Lipinski definition) is 2. The lowest BCUT2D eigenvalue weighted by atomic mass is 10.0. The number of aryl methyl sites for hydroxylation is 1. The fraction of sp³-hybridized carbons (Fsp3) is 0.273. The van der Waals surface area contributed by atoms with Gasteiger partial charge in [-0.3, -0.25) is 19.4 Å². The van der Waals surface area contributed by atoms with Gasteiger partial charge in [-0.1, -0.05) is 53.8 Å². The standard InChI is InChI=1S/C33H32ClN3O6S2/c1-21-2-8-26(27(34)18-21)23-5-9-28(43-17-14-36-12-15-42-16-13-36)24(19-23)20-29-31(39)37(33(44)45-29)11-10-30(38)35-25-6-3-22(4-7-25)32(40)41/h2-9,18-20H,10-17H2,1H3,(H,35,38)(H,40,41). The topological polar surface area (TPSA) is 108 Å². The van der Waals surface area contributed by atoms with E-state index in [0.717, 1.165) is 36.3 Å². The summed E-state index contributed by atoms with van der Waals surface area (Å²) >= 11 is 13.3. The molecule has 0 saturated carbocycles. The number of carbonyl (C=O) groups excluding carboxylic acids is 2. The summed E-state index contributed by atoms with van der Waals surface area (Å²) in [4.78, 5) is 41.2. The Morgan fingerprint density at radius 1 is 1.09 bits per heavy atom. The number of nitrogens with one attached hydrogen (secondary N) is 1. The molecule has 2 N–H and O–H groups in total. The smallest absolute Gasteiger partial charge is 0.335 e. The van der Waals surface area contributed by atoms with Crippen LogP contribution in [0.2, 0.25) is 5.02 Å². The van der Waals surface area contributed by atoms with Crippen LogP contribution in [-0.4, -0.2) is 83.0 Å². The lowest BCUT2D eigenvalue weighted by Gasteiger charge is -2.26. The highest BCUT2D eigenvalue weighted by Crippen LogP contribution is 2.37. The lowest BCUT2D eigenvalue weighted by molar-refractivity contribution is -0.122. The van der Waals surface area contributed by atoms with Crippen molar-refractivity contribution in [3.63, 3.8) is 0 Å². The van der Waals surface area contributed by atoms with Crippen LogP contribution in [0, 0.1) is 6.92 Å². The second-order valence-corrected chi connectivity index (χ2v) is 12.6. The molecule has 3 aromatic rings. The second kappa shape index (κ2) is 15.0. The molecule has 0 bridgehead atoms. The number of anilines is 1. The van der Waals surface area contributed by atoms with Crippen molar-refractivity contribution in [1.82, 2.24) is 9.80 Å². The summed E-state index contributed by atoms with van der Waals surface area (Å²) in [5.74, 6) is -1.03. The summed E-state index contributed by atoms with van der Waals surface area (Å²) in [7, 11) is 0. The molecular weight excluding hydrogens is 634 g/mol. The summed E-state index contributed by atoms with van der Waals surface area (Å²) < 4.78 is 12.0. The molecule has 0 atom stereocenters. The van der Waals surface area contributed by atoms with Crippen LogP contribution >= 0.6 is 35.6 Å². The Balaban J connectivity index is 1.30. The number of thioether (sulfide) groups is 1. The summed E-state index contributed by atoms with van der Waals surface area (Å²) in [6.07, 6.45) is 1.79. The monoisotopic (exact) mass is 665 g/mol. The maximum absolute atomic E-state index is 13.5. The van der Waals surface area contributed by atoms with E-state index in [1.165, 1.54) is 40.9 Å². The molecule has 2 saturated heterocycles. The van der Waals surface area contributed by atoms with E-state index in [1.54, 1.807) is 6.08 Å². The van der Waals surface area contributed by atoms with Gasteiger partial charge in [-0.05, 0) is 66.6 Å². The highest BCUT2D eigenvalue weighted by atomic mass is 35.5. The van der Waals surface area contributed by atoms with E-state index < -0.39 is 5.97 Å². The van der Waals surface area contributed by atoms with Crippen LogP contribution in [0.4, 0.5) is 5.69 Å². The number of carboxylic acids is 1. The van der Waals surface area contributed by atoms with Crippen LogP contribution in [0.5, 0.6) is 5.75 Å². The second-order valence-electron chi connectivity index (χ2n) is 10.6. The molecule has 0 radical (unpaired) electrons. The molecule has 0 unspecified atom stereocenters. The molecule has 0 aromatic heterocycles. The molecule has 9 nitrogen and oxygen atoms in total. The highest BCUT2D eigenvalue weighted by Gasteiger charge is 2.32. The van der Waals surface area contributed by atoms with Crippen molar-refractivity contribution in [2.45, 2.75) is 13.3 Å². The first-order valence-corrected chi connectivity index (χ1v) is 16.0. The first kappa shape index (κ1) is 32.6. The minimum absolute atomic E-state index is 0.0116. The molecular formula is C33H32ClN3O6S2. The van der Waals surface area contributed by atoms with E-state index in [4.69, 9.17) is 38.4 Å². The molecule has 5 rings (SSSR count). The van der Waals surface area contributed by atoms with Crippen LogP contribution < -0.4 is 10.1 Å². The van der Waals surface area contributed by atoms with Gasteiger partial charge < -0.3 is 19.9 Å². The van der Waals surface area contributed by atoms with E-state index in [0.29, 0.717) is 51.1 Å². The van der Waals surface area contributed by atoms with Gasteiger partial charge in [0.2, 0.25) is 5.91 Å². The highest BCUT2D eigenvalue weighted by molar-refractivity contribution is 8.26. The number of nitrogens with zero attached hydrogens (tertiary/aromatic N) is 2. The number of carboxylic acid groups (broad SMARTS) is 1. The average molecular weight is 666 g/mol. The van der Waals surface area contributed by atoms with Crippen molar-refractivity contribution in [3.05, 3.63) is 87.3 Å². The zero-order valence-electron chi connectivity index (χ0n) is 24.6. The third-order valence-corrected chi connectivity index (χ3v) is 9.04. The number of rotatable bonds is 11. The molecule has 0 aliphatic carbocycles. The van der Waals surface area contributed by atoms with E-state index in [-0.39, 0.29) is 30.3 Å². The van der Waals surface area contributed by atoms with E-state index in [2.05, 4.69) is 10.2 Å². The summed E-state index contributed by atoms with van der Waals surface area (Å²) in [6, 6.07) is 17.5. The van der Waals surface area contributed by atoms with Gasteiger partial charge in [0.1, 0.15) is 16.7 Å². The summed E-state index contributed by atoms with van der Waals surface area (Å²) in [6.45, 7) is 6.45. The van der Waals surface area contributed by atoms with Crippen molar-refractivity contribution in [2.24, 2.45) is 0 Å². The lowest BCUT2D eigenvalue weighted by Crippen LogP contribution is -2.38. The number of morpholine rings is 1. The van der Waals surface area contributed by atoms with Crippen LogP contribution in [0.25, 0.3) is 17.2 Å². The van der Waals surface area contributed by atoms with E-state index >= 15 is 0 Å². The van der Waals surface area contributed by atoms with Gasteiger partial charge in [0.15, 0.2) is 0 Å². The maximum Gasteiger partial charge on any atom is 0.335 e. The van der Waals surface area contributed by atoms with Crippen LogP contribution in [0.1, 0.15) is 27.9 Å². The Kier molecular flexibility index (Phi) is 10.9. The number of benzene rings is 3.